The van der Waals surface area contributed by atoms with E-state index < -0.39 is 0 Å². The van der Waals surface area contributed by atoms with Gasteiger partial charge in [-0.05, 0) is 18.4 Å². The van der Waals surface area contributed by atoms with E-state index in [-0.39, 0.29) is 30.3 Å². The van der Waals surface area contributed by atoms with E-state index in [0.29, 0.717) is 19.1 Å². The van der Waals surface area contributed by atoms with E-state index in [1.807, 2.05) is 42.2 Å². The summed E-state index contributed by atoms with van der Waals surface area (Å²) in [5.41, 5.74) is 7.17. The second-order valence-corrected chi connectivity index (χ2v) is 6.30. The summed E-state index contributed by atoms with van der Waals surface area (Å²) in [6.07, 6.45) is 2.21. The molecule has 1 heterocycles. The van der Waals surface area contributed by atoms with Crippen molar-refractivity contribution in [1.29, 1.82) is 0 Å². The van der Waals surface area contributed by atoms with Crippen LogP contribution in [0.2, 0.25) is 0 Å². The minimum atomic E-state index is -0.342. The van der Waals surface area contributed by atoms with Crippen LogP contribution in [0, 0.1) is 5.92 Å². The van der Waals surface area contributed by atoms with Gasteiger partial charge < -0.3 is 15.5 Å². The van der Waals surface area contributed by atoms with Crippen molar-refractivity contribution in [1.82, 2.24) is 9.80 Å². The van der Waals surface area contributed by atoms with Crippen molar-refractivity contribution in [2.24, 2.45) is 11.7 Å². The first kappa shape index (κ1) is 15.0. The third-order valence-electron chi connectivity index (χ3n) is 4.67. The average molecular weight is 301 g/mol. The maximum absolute atomic E-state index is 12.6. The highest BCUT2D eigenvalue weighted by atomic mass is 16.2. The largest absolute Gasteiger partial charge is 0.336 e. The van der Waals surface area contributed by atoms with E-state index in [4.69, 9.17) is 5.73 Å². The second-order valence-electron chi connectivity index (χ2n) is 6.30. The van der Waals surface area contributed by atoms with Crippen LogP contribution in [0.4, 0.5) is 0 Å². The van der Waals surface area contributed by atoms with E-state index in [1.165, 1.54) is 0 Å². The van der Waals surface area contributed by atoms with Gasteiger partial charge in [0.15, 0.2) is 0 Å². The van der Waals surface area contributed by atoms with E-state index in [9.17, 15) is 9.59 Å². The Labute approximate surface area is 131 Å². The molecular formula is C17H23N3O2. The molecule has 0 radical (unpaired) electrons. The molecule has 2 atom stereocenters. The van der Waals surface area contributed by atoms with Gasteiger partial charge in [0.1, 0.15) is 0 Å². The summed E-state index contributed by atoms with van der Waals surface area (Å²) in [4.78, 5) is 28.4. The minimum Gasteiger partial charge on any atom is -0.336 e. The molecule has 0 spiro atoms. The number of carbonyl (C=O) groups excluding carboxylic acids is 2. The molecule has 1 aliphatic heterocycles. The number of piperazine rings is 1. The number of rotatable bonds is 4. The van der Waals surface area contributed by atoms with Gasteiger partial charge in [-0.25, -0.2) is 0 Å². The molecule has 1 aromatic carbocycles. The number of carbonyl (C=O) groups is 2. The monoisotopic (exact) mass is 301 g/mol. The molecular weight excluding hydrogens is 278 g/mol. The van der Waals surface area contributed by atoms with Crippen LogP contribution in [-0.2, 0) is 9.59 Å². The molecule has 118 valence electrons. The van der Waals surface area contributed by atoms with Crippen LogP contribution in [0.1, 0.15) is 31.4 Å². The van der Waals surface area contributed by atoms with Gasteiger partial charge in [0.05, 0.1) is 12.5 Å². The molecule has 1 aliphatic carbocycles. The van der Waals surface area contributed by atoms with Crippen LogP contribution < -0.4 is 5.73 Å². The molecule has 5 nitrogen and oxygen atoms in total. The number of hydrogen-bond acceptors (Lipinski definition) is 3. The number of nitrogens with two attached hydrogens (primary N) is 1. The highest BCUT2D eigenvalue weighted by Gasteiger charge is 2.38. The maximum atomic E-state index is 12.6. The van der Waals surface area contributed by atoms with Crippen LogP contribution in [0.5, 0.6) is 0 Å². The highest BCUT2D eigenvalue weighted by molar-refractivity contribution is 5.87. The SMILES string of the molecule is CC(C(=O)N1CCN(C2CC2)C(=O)C1)C(N)c1ccccc1. The fourth-order valence-corrected chi connectivity index (χ4v) is 3.05. The molecule has 1 saturated heterocycles. The standard InChI is InChI=1S/C17H23N3O2/c1-12(16(18)13-5-3-2-4-6-13)17(22)19-9-10-20(14-7-8-14)15(21)11-19/h2-6,12,14,16H,7-11,18H2,1H3. The highest BCUT2D eigenvalue weighted by Crippen LogP contribution is 2.29. The fourth-order valence-electron chi connectivity index (χ4n) is 3.05. The van der Waals surface area contributed by atoms with Crippen molar-refractivity contribution in [3.8, 4) is 0 Å². The smallest absolute Gasteiger partial charge is 0.242 e. The molecule has 1 saturated carbocycles. The molecule has 1 aromatic rings. The molecule has 22 heavy (non-hydrogen) atoms. The van der Waals surface area contributed by atoms with Crippen molar-refractivity contribution < 1.29 is 9.59 Å². The van der Waals surface area contributed by atoms with Crippen molar-refractivity contribution in [2.45, 2.75) is 31.8 Å². The second kappa shape index (κ2) is 6.08. The predicted molar refractivity (Wildman–Crippen MR) is 83.8 cm³/mol. The maximum Gasteiger partial charge on any atom is 0.242 e. The molecule has 2 unspecified atom stereocenters. The Balaban J connectivity index is 1.62. The predicted octanol–water partition coefficient (Wildman–Crippen LogP) is 1.16. The lowest BCUT2D eigenvalue weighted by molar-refractivity contribution is -0.148. The van der Waals surface area contributed by atoms with Crippen LogP contribution >= 0.6 is 0 Å². The number of nitrogens with zero attached hydrogens (tertiary/aromatic N) is 2. The van der Waals surface area contributed by atoms with Gasteiger partial charge in [-0.15, -0.1) is 0 Å². The number of benzene rings is 1. The van der Waals surface area contributed by atoms with Gasteiger partial charge in [0, 0.05) is 25.2 Å². The van der Waals surface area contributed by atoms with Crippen LogP contribution in [0.3, 0.4) is 0 Å². The van der Waals surface area contributed by atoms with E-state index in [2.05, 4.69) is 0 Å². The molecule has 5 heteroatoms. The zero-order valence-corrected chi connectivity index (χ0v) is 12.9. The van der Waals surface area contributed by atoms with Crippen LogP contribution in [-0.4, -0.2) is 47.3 Å². The van der Waals surface area contributed by atoms with Gasteiger partial charge >= 0.3 is 0 Å². The van der Waals surface area contributed by atoms with Crippen molar-refractivity contribution in [3.05, 3.63) is 35.9 Å². The molecule has 0 aromatic heterocycles. The Morgan fingerprint density at radius 2 is 1.91 bits per heavy atom. The first-order chi connectivity index (χ1) is 10.6. The third-order valence-corrected chi connectivity index (χ3v) is 4.67. The quantitative estimate of drug-likeness (QED) is 0.907. The Morgan fingerprint density at radius 3 is 2.50 bits per heavy atom. The van der Waals surface area contributed by atoms with Crippen LogP contribution in [0.15, 0.2) is 30.3 Å². The minimum absolute atomic E-state index is 0.0276. The lowest BCUT2D eigenvalue weighted by Gasteiger charge is -2.36. The summed E-state index contributed by atoms with van der Waals surface area (Å²) in [5.74, 6) is -0.287. The average Bonchev–Trinajstić information content (AvgIpc) is 3.38. The Hall–Kier alpha value is -1.88. The van der Waals surface area contributed by atoms with E-state index in [0.717, 1.165) is 18.4 Å². The molecule has 2 aliphatic rings. The van der Waals surface area contributed by atoms with Gasteiger partial charge in [0.2, 0.25) is 11.8 Å². The topological polar surface area (TPSA) is 66.6 Å². The summed E-state index contributed by atoms with van der Waals surface area (Å²) < 4.78 is 0. The number of hydrogen-bond donors (Lipinski definition) is 1. The Morgan fingerprint density at radius 1 is 1.23 bits per heavy atom. The van der Waals surface area contributed by atoms with Gasteiger partial charge in [0.25, 0.3) is 0 Å². The molecule has 2 N–H and O–H groups in total. The van der Waals surface area contributed by atoms with E-state index in [1.54, 1.807) is 4.90 Å². The lowest BCUT2D eigenvalue weighted by Crippen LogP contribution is -2.54. The van der Waals surface area contributed by atoms with Gasteiger partial charge in [-0.3, -0.25) is 9.59 Å². The Bertz CT molecular complexity index is 556. The zero-order valence-electron chi connectivity index (χ0n) is 12.9. The number of amides is 2. The van der Waals surface area contributed by atoms with Crippen molar-refractivity contribution >= 4 is 11.8 Å². The summed E-state index contributed by atoms with van der Waals surface area (Å²) >= 11 is 0. The first-order valence-electron chi connectivity index (χ1n) is 7.96. The van der Waals surface area contributed by atoms with Gasteiger partial charge in [-0.1, -0.05) is 37.3 Å². The molecule has 2 amide bonds. The molecule has 2 fully saturated rings. The molecule has 3 rings (SSSR count). The summed E-state index contributed by atoms with van der Waals surface area (Å²) in [6, 6.07) is 9.72. The van der Waals surface area contributed by atoms with Crippen LogP contribution in [0.25, 0.3) is 0 Å². The summed E-state index contributed by atoms with van der Waals surface area (Å²) in [6.45, 7) is 3.31. The molecule has 0 bridgehead atoms. The van der Waals surface area contributed by atoms with Crippen molar-refractivity contribution in [3.63, 3.8) is 0 Å². The Kier molecular flexibility index (Phi) is 4.16. The normalized spacial score (nSPS) is 21.6. The fraction of sp³-hybridized carbons (Fsp3) is 0.529. The van der Waals surface area contributed by atoms with Crippen molar-refractivity contribution in [2.75, 3.05) is 19.6 Å². The third kappa shape index (κ3) is 2.99. The summed E-state index contributed by atoms with van der Waals surface area (Å²) in [5, 5.41) is 0. The van der Waals surface area contributed by atoms with Gasteiger partial charge in [-0.2, -0.15) is 0 Å². The summed E-state index contributed by atoms with van der Waals surface area (Å²) in [7, 11) is 0. The van der Waals surface area contributed by atoms with E-state index >= 15 is 0 Å². The zero-order chi connectivity index (χ0) is 15.7. The lowest BCUT2D eigenvalue weighted by atomic mass is 9.94. The first-order valence-corrected chi connectivity index (χ1v) is 7.96.